The number of likely N-dealkylation sites (tertiary alicyclic amines) is 1. The second-order valence-electron chi connectivity index (χ2n) is 12.2. The quantitative estimate of drug-likeness (QED) is 0.342. The van der Waals surface area contributed by atoms with Crippen LogP contribution in [0.3, 0.4) is 0 Å². The van der Waals surface area contributed by atoms with Crippen LogP contribution in [0.4, 0.5) is 5.69 Å². The number of phenolic OH excluding ortho intramolecular Hbond substituents is 1. The smallest absolute Gasteiger partial charge is 0.255 e. The number of anilines is 1. The first kappa shape index (κ1) is 26.1. The van der Waals surface area contributed by atoms with E-state index >= 15 is 0 Å². The number of aliphatic hydroxyl groups excluding tert-OH is 1. The summed E-state index contributed by atoms with van der Waals surface area (Å²) in [5.41, 5.74) is 2.48. The summed E-state index contributed by atoms with van der Waals surface area (Å²) in [7, 11) is 0. The number of aromatic hydroxyl groups is 1. The van der Waals surface area contributed by atoms with E-state index in [9.17, 15) is 20.1 Å². The van der Waals surface area contributed by atoms with Crippen LogP contribution >= 0.6 is 0 Å². The van der Waals surface area contributed by atoms with E-state index in [-0.39, 0.29) is 37.0 Å². The van der Waals surface area contributed by atoms with Gasteiger partial charge in [-0.15, -0.1) is 0 Å². The van der Waals surface area contributed by atoms with Crippen LogP contribution in [-0.2, 0) is 16.6 Å². The summed E-state index contributed by atoms with van der Waals surface area (Å²) in [4.78, 5) is 16.1. The summed E-state index contributed by atoms with van der Waals surface area (Å²) in [5.74, 6) is 0.385. The van der Waals surface area contributed by atoms with Crippen LogP contribution in [0.25, 0.3) is 11.1 Å². The van der Waals surface area contributed by atoms with E-state index in [1.54, 1.807) is 6.07 Å². The topological polar surface area (TPSA) is 102 Å². The molecule has 0 unspecified atom stereocenters. The van der Waals surface area contributed by atoms with E-state index in [0.717, 1.165) is 35.3 Å². The fraction of sp³-hybridized carbons (Fsp3) is 0.382. The minimum Gasteiger partial charge on any atom is -0.508 e. The standard InChI is InChI=1S/C33H32N2O5.CH4/c36-25-13-10-22-16-26-33(39)17-24(31(38)34-23-11-8-21(9-12-23)20-4-2-1-3-5-20)28(37)30-32(33,27(22)29(25)40-30)14-15-35(26)18-19-6-7-19;/h1-5,8-13,19,26,30,36-37,39H,6-7,14-18H2,(H,34,38);1H4/t26-,30+,32+,33-;/m1./s1. The molecule has 5 aliphatic rings. The second kappa shape index (κ2) is 9.10. The van der Waals surface area contributed by atoms with Crippen LogP contribution in [-0.4, -0.2) is 57.0 Å². The number of piperidine rings is 1. The Labute approximate surface area is 240 Å². The van der Waals surface area contributed by atoms with Crippen molar-refractivity contribution in [3.05, 3.63) is 89.2 Å². The molecule has 2 aliphatic heterocycles. The third-order valence-corrected chi connectivity index (χ3v) is 10.0. The van der Waals surface area contributed by atoms with Crippen LogP contribution in [0.1, 0.15) is 44.2 Å². The highest BCUT2D eigenvalue weighted by Gasteiger charge is 2.73. The Morgan fingerprint density at radius 3 is 2.46 bits per heavy atom. The average Bonchev–Trinajstić information content (AvgIpc) is 3.71. The molecule has 0 radical (unpaired) electrons. The van der Waals surface area contributed by atoms with E-state index in [2.05, 4.69) is 10.2 Å². The highest BCUT2D eigenvalue weighted by molar-refractivity contribution is 6.04. The third-order valence-electron chi connectivity index (χ3n) is 10.0. The van der Waals surface area contributed by atoms with Gasteiger partial charge in [-0.3, -0.25) is 9.69 Å². The lowest BCUT2D eigenvalue weighted by Gasteiger charge is -2.62. The molecule has 3 aromatic carbocycles. The molecule has 1 saturated carbocycles. The summed E-state index contributed by atoms with van der Waals surface area (Å²) in [6, 6.07) is 21.0. The summed E-state index contributed by atoms with van der Waals surface area (Å²) in [6.45, 7) is 1.71. The lowest BCUT2D eigenvalue weighted by molar-refractivity contribution is -0.172. The molecule has 1 amide bonds. The molecule has 2 bridgehead atoms. The largest absolute Gasteiger partial charge is 0.508 e. The van der Waals surface area contributed by atoms with Crippen LogP contribution in [0.2, 0.25) is 0 Å². The molecular formula is C34H36N2O5. The number of hydrogen-bond donors (Lipinski definition) is 4. The highest BCUT2D eigenvalue weighted by atomic mass is 16.5. The van der Waals surface area contributed by atoms with Gasteiger partial charge in [-0.25, -0.2) is 0 Å². The van der Waals surface area contributed by atoms with Crippen LogP contribution in [0.5, 0.6) is 11.5 Å². The van der Waals surface area contributed by atoms with Gasteiger partial charge >= 0.3 is 0 Å². The van der Waals surface area contributed by atoms with Gasteiger partial charge in [0.15, 0.2) is 17.6 Å². The number of nitrogens with one attached hydrogen (secondary N) is 1. The highest BCUT2D eigenvalue weighted by Crippen LogP contribution is 2.66. The van der Waals surface area contributed by atoms with Crippen molar-refractivity contribution in [1.29, 1.82) is 0 Å². The number of nitrogens with zero attached hydrogens (tertiary/aromatic N) is 1. The third kappa shape index (κ3) is 3.61. The van der Waals surface area contributed by atoms with Gasteiger partial charge in [0.2, 0.25) is 0 Å². The molecule has 7 heteroatoms. The molecule has 212 valence electrons. The molecule has 8 rings (SSSR count). The molecule has 4 atom stereocenters. The van der Waals surface area contributed by atoms with Gasteiger partial charge in [-0.2, -0.15) is 0 Å². The first-order valence-corrected chi connectivity index (χ1v) is 14.3. The number of hydrogen-bond acceptors (Lipinski definition) is 6. The monoisotopic (exact) mass is 552 g/mol. The van der Waals surface area contributed by atoms with Gasteiger partial charge in [-0.1, -0.05) is 56.0 Å². The van der Waals surface area contributed by atoms with Crippen molar-refractivity contribution in [3.63, 3.8) is 0 Å². The molecular weight excluding hydrogens is 516 g/mol. The van der Waals surface area contributed by atoms with Crippen molar-refractivity contribution in [2.24, 2.45) is 5.92 Å². The summed E-state index contributed by atoms with van der Waals surface area (Å²) in [6.07, 6.45) is 2.71. The van der Waals surface area contributed by atoms with Gasteiger partial charge in [-0.05, 0) is 73.0 Å². The Hall–Kier alpha value is -3.81. The van der Waals surface area contributed by atoms with E-state index in [0.29, 0.717) is 30.2 Å². The fourth-order valence-electron chi connectivity index (χ4n) is 7.95. The molecule has 41 heavy (non-hydrogen) atoms. The Balaban J connectivity index is 0.00000276. The molecule has 0 aromatic heterocycles. The second-order valence-corrected chi connectivity index (χ2v) is 12.2. The molecule has 3 aromatic rings. The molecule has 1 saturated heterocycles. The fourth-order valence-corrected chi connectivity index (χ4v) is 7.95. The van der Waals surface area contributed by atoms with Gasteiger partial charge in [0.05, 0.1) is 16.6 Å². The van der Waals surface area contributed by atoms with Crippen LogP contribution in [0, 0.1) is 5.92 Å². The Kier molecular flexibility index (Phi) is 5.79. The zero-order valence-electron chi connectivity index (χ0n) is 22.1. The van der Waals surface area contributed by atoms with Gasteiger partial charge in [0.1, 0.15) is 5.76 Å². The maximum absolute atomic E-state index is 13.7. The normalized spacial score (nSPS) is 29.3. The molecule has 1 spiro atoms. The molecule has 7 nitrogen and oxygen atoms in total. The predicted molar refractivity (Wildman–Crippen MR) is 157 cm³/mol. The van der Waals surface area contributed by atoms with E-state index in [1.165, 1.54) is 12.8 Å². The number of phenols is 1. The van der Waals surface area contributed by atoms with Crippen molar-refractivity contribution in [2.45, 2.75) is 62.7 Å². The number of ether oxygens (including phenoxy) is 1. The Morgan fingerprint density at radius 1 is 1.00 bits per heavy atom. The predicted octanol–water partition coefficient (Wildman–Crippen LogP) is 5.32. The van der Waals surface area contributed by atoms with E-state index in [1.807, 2.05) is 60.7 Å². The lowest BCUT2D eigenvalue weighted by atomic mass is 9.49. The molecule has 2 fully saturated rings. The minimum atomic E-state index is -1.33. The Bertz CT molecular complexity index is 1560. The van der Waals surface area contributed by atoms with Gasteiger partial charge in [0.25, 0.3) is 5.91 Å². The van der Waals surface area contributed by atoms with E-state index in [4.69, 9.17) is 4.74 Å². The number of carbonyl (C=O) groups excluding carboxylic acids is 1. The SMILES string of the molecule is C.O=C(Nc1ccc(-c2ccccc2)cc1)C1=C(O)[C@@H]2Oc3c(O)ccc4c3[C@@]23CCN(CC2CC2)[C@H](C4)[C@]3(O)C1. The Morgan fingerprint density at radius 2 is 1.73 bits per heavy atom. The number of aliphatic hydroxyl groups is 2. The van der Waals surface area contributed by atoms with E-state index < -0.39 is 23.0 Å². The average molecular weight is 553 g/mol. The number of carbonyl (C=O) groups is 1. The molecule has 3 aliphatic carbocycles. The number of amides is 1. The first-order chi connectivity index (χ1) is 19.4. The zero-order valence-corrected chi connectivity index (χ0v) is 22.1. The van der Waals surface area contributed by atoms with Gasteiger partial charge < -0.3 is 25.4 Å². The maximum Gasteiger partial charge on any atom is 0.255 e. The minimum absolute atomic E-state index is 0. The molecule has 2 heterocycles. The number of benzene rings is 3. The van der Waals surface area contributed by atoms with Crippen LogP contribution < -0.4 is 10.1 Å². The first-order valence-electron chi connectivity index (χ1n) is 14.3. The zero-order chi connectivity index (χ0) is 27.2. The summed E-state index contributed by atoms with van der Waals surface area (Å²) >= 11 is 0. The van der Waals surface area contributed by atoms with Crippen molar-refractivity contribution in [3.8, 4) is 22.6 Å². The summed E-state index contributed by atoms with van der Waals surface area (Å²) in [5, 5.41) is 38.0. The van der Waals surface area contributed by atoms with Gasteiger partial charge in [0, 0.05) is 30.3 Å². The van der Waals surface area contributed by atoms with Crippen molar-refractivity contribution in [1.82, 2.24) is 4.90 Å². The van der Waals surface area contributed by atoms with Crippen molar-refractivity contribution < 1.29 is 24.9 Å². The van der Waals surface area contributed by atoms with Crippen LogP contribution in [0.15, 0.2) is 78.1 Å². The van der Waals surface area contributed by atoms with Crippen molar-refractivity contribution in [2.75, 3.05) is 18.4 Å². The lowest BCUT2D eigenvalue weighted by Crippen LogP contribution is -2.75. The maximum atomic E-state index is 13.7. The summed E-state index contributed by atoms with van der Waals surface area (Å²) < 4.78 is 6.29. The van der Waals surface area contributed by atoms with Crippen molar-refractivity contribution >= 4 is 11.6 Å². The number of rotatable bonds is 5. The molecule has 4 N–H and O–H groups in total.